The molecular weight excluding hydrogens is 630 g/mol. The second kappa shape index (κ2) is 13.1. The van der Waals surface area contributed by atoms with Gasteiger partial charge in [0.05, 0.1) is 23.3 Å². The van der Waals surface area contributed by atoms with Gasteiger partial charge in [0.25, 0.3) is 0 Å². The fourth-order valence-corrected chi connectivity index (χ4v) is 9.73. The number of sulfonamides is 1. The standard InChI is InChI=1S/C29H38F5NO5S2Si/c1-6-15-35(41(2,36)37)27-13-14-28(25-18-23(30)9-12-26(25)31,19-21(27)20-40-16-17-43(3,4)5)42(38,39)24-10-7-22(8-11-24)29(32,33)34/h6-12,18,21,27H,1,13-17,19-20H2,2-5H3. The van der Waals surface area contributed by atoms with Gasteiger partial charge in [-0.1, -0.05) is 25.7 Å². The van der Waals surface area contributed by atoms with Crippen LogP contribution in [0.4, 0.5) is 22.0 Å². The van der Waals surface area contributed by atoms with Gasteiger partial charge in [-0.2, -0.15) is 17.5 Å². The molecule has 1 aliphatic carbocycles. The first-order valence-corrected chi connectivity index (χ1v) is 20.8. The van der Waals surface area contributed by atoms with E-state index in [9.17, 15) is 34.4 Å². The van der Waals surface area contributed by atoms with Gasteiger partial charge in [-0.15, -0.1) is 6.58 Å². The molecule has 3 atom stereocenters. The molecule has 0 amide bonds. The number of hydrogen-bond donors (Lipinski definition) is 0. The zero-order valence-electron chi connectivity index (χ0n) is 24.6. The number of ether oxygens (including phenoxy) is 1. The minimum absolute atomic E-state index is 0.0676. The number of sulfone groups is 1. The Kier molecular flexibility index (Phi) is 10.7. The maximum atomic E-state index is 15.5. The Morgan fingerprint density at radius 2 is 1.70 bits per heavy atom. The Balaban J connectivity index is 2.19. The molecule has 2 aromatic carbocycles. The molecule has 1 saturated carbocycles. The van der Waals surface area contributed by atoms with E-state index >= 15 is 4.39 Å². The highest BCUT2D eigenvalue weighted by atomic mass is 32.2. The summed E-state index contributed by atoms with van der Waals surface area (Å²) < 4.78 is 129. The summed E-state index contributed by atoms with van der Waals surface area (Å²) in [7, 11) is -10.0. The Morgan fingerprint density at radius 3 is 2.23 bits per heavy atom. The third kappa shape index (κ3) is 8.13. The molecule has 0 spiro atoms. The predicted molar refractivity (Wildman–Crippen MR) is 159 cm³/mol. The summed E-state index contributed by atoms with van der Waals surface area (Å²) in [6.45, 7) is 10.3. The van der Waals surface area contributed by atoms with Crippen molar-refractivity contribution in [3.63, 3.8) is 0 Å². The van der Waals surface area contributed by atoms with E-state index < -0.39 is 78.5 Å². The van der Waals surface area contributed by atoms with Gasteiger partial charge in [0, 0.05) is 38.7 Å². The highest BCUT2D eigenvalue weighted by Gasteiger charge is 2.54. The van der Waals surface area contributed by atoms with E-state index in [1.54, 1.807) is 0 Å². The van der Waals surface area contributed by atoms with Crippen LogP contribution in [0.3, 0.4) is 0 Å². The summed E-state index contributed by atoms with van der Waals surface area (Å²) in [5, 5.41) is 0. The fourth-order valence-electron chi connectivity index (χ4n) is 5.61. The highest BCUT2D eigenvalue weighted by Crippen LogP contribution is 2.51. The van der Waals surface area contributed by atoms with Crippen molar-refractivity contribution in [3.8, 4) is 0 Å². The molecule has 0 heterocycles. The molecule has 0 saturated heterocycles. The van der Waals surface area contributed by atoms with E-state index in [1.807, 2.05) is 0 Å². The molecule has 43 heavy (non-hydrogen) atoms. The first kappa shape index (κ1) is 35.3. The van der Waals surface area contributed by atoms with Crippen molar-refractivity contribution in [3.05, 3.63) is 77.9 Å². The summed E-state index contributed by atoms with van der Waals surface area (Å²) in [4.78, 5) is -0.493. The van der Waals surface area contributed by atoms with Crippen molar-refractivity contribution in [1.29, 1.82) is 0 Å². The van der Waals surface area contributed by atoms with Gasteiger partial charge in [-0.3, -0.25) is 0 Å². The van der Waals surface area contributed by atoms with Gasteiger partial charge in [0.1, 0.15) is 16.4 Å². The Labute approximate surface area is 251 Å². The Hall–Kier alpha value is -2.13. The van der Waals surface area contributed by atoms with Crippen LogP contribution >= 0.6 is 0 Å². The molecule has 3 rings (SSSR count). The van der Waals surface area contributed by atoms with Gasteiger partial charge in [0.2, 0.25) is 10.0 Å². The van der Waals surface area contributed by atoms with Crippen molar-refractivity contribution in [2.75, 3.05) is 26.0 Å². The minimum atomic E-state index is -4.72. The molecule has 0 radical (unpaired) electrons. The molecule has 0 aliphatic heterocycles. The topological polar surface area (TPSA) is 80.8 Å². The van der Waals surface area contributed by atoms with Gasteiger partial charge in [-0.25, -0.2) is 25.6 Å². The maximum Gasteiger partial charge on any atom is 0.416 e. The third-order valence-electron chi connectivity index (χ3n) is 7.84. The Bertz CT molecular complexity index is 1510. The van der Waals surface area contributed by atoms with Crippen LogP contribution in [0.1, 0.15) is 30.4 Å². The average molecular weight is 668 g/mol. The molecule has 240 valence electrons. The van der Waals surface area contributed by atoms with Crippen molar-refractivity contribution < 1.29 is 43.5 Å². The monoisotopic (exact) mass is 667 g/mol. The second-order valence-corrected chi connectivity index (χ2v) is 22.0. The van der Waals surface area contributed by atoms with Crippen molar-refractivity contribution in [2.24, 2.45) is 5.92 Å². The van der Waals surface area contributed by atoms with Crippen LogP contribution in [-0.2, 0) is 35.5 Å². The van der Waals surface area contributed by atoms with Crippen LogP contribution in [-0.4, -0.2) is 61.3 Å². The van der Waals surface area contributed by atoms with E-state index in [2.05, 4.69) is 26.2 Å². The number of rotatable bonds is 12. The van der Waals surface area contributed by atoms with Crippen LogP contribution in [0.2, 0.25) is 25.7 Å². The third-order valence-corrected chi connectivity index (χ3v) is 13.3. The zero-order chi connectivity index (χ0) is 32.4. The minimum Gasteiger partial charge on any atom is -0.381 e. The van der Waals surface area contributed by atoms with E-state index in [0.717, 1.165) is 42.6 Å². The van der Waals surface area contributed by atoms with Gasteiger partial charge < -0.3 is 4.74 Å². The lowest BCUT2D eigenvalue weighted by molar-refractivity contribution is -0.137. The average Bonchev–Trinajstić information content (AvgIpc) is 2.89. The van der Waals surface area contributed by atoms with E-state index in [-0.39, 0.29) is 32.4 Å². The number of benzene rings is 2. The molecule has 14 heteroatoms. The van der Waals surface area contributed by atoms with Crippen LogP contribution in [0.5, 0.6) is 0 Å². The first-order chi connectivity index (χ1) is 19.7. The Morgan fingerprint density at radius 1 is 1.07 bits per heavy atom. The molecule has 6 nitrogen and oxygen atoms in total. The highest BCUT2D eigenvalue weighted by molar-refractivity contribution is 7.92. The van der Waals surface area contributed by atoms with Crippen molar-refractivity contribution in [2.45, 2.75) is 66.8 Å². The van der Waals surface area contributed by atoms with Gasteiger partial charge in [0.15, 0.2) is 9.84 Å². The lowest BCUT2D eigenvalue weighted by atomic mass is 9.74. The van der Waals surface area contributed by atoms with Crippen molar-refractivity contribution >= 4 is 27.9 Å². The van der Waals surface area contributed by atoms with Crippen LogP contribution in [0.25, 0.3) is 0 Å². The normalized spacial score (nSPS) is 22.1. The zero-order valence-corrected chi connectivity index (χ0v) is 27.3. The fraction of sp³-hybridized carbons (Fsp3) is 0.517. The molecule has 2 aromatic rings. The summed E-state index contributed by atoms with van der Waals surface area (Å²) in [6.07, 6.45) is -3.05. The summed E-state index contributed by atoms with van der Waals surface area (Å²) in [5.41, 5.74) is -1.53. The van der Waals surface area contributed by atoms with Crippen molar-refractivity contribution in [1.82, 2.24) is 4.31 Å². The van der Waals surface area contributed by atoms with Crippen LogP contribution < -0.4 is 0 Å². The molecule has 1 aliphatic rings. The smallest absolute Gasteiger partial charge is 0.381 e. The van der Waals surface area contributed by atoms with E-state index in [4.69, 9.17) is 4.74 Å². The lowest BCUT2D eigenvalue weighted by Crippen LogP contribution is -2.53. The second-order valence-electron chi connectivity index (χ2n) is 12.2. The molecule has 1 fully saturated rings. The quantitative estimate of drug-likeness (QED) is 0.110. The predicted octanol–water partition coefficient (Wildman–Crippen LogP) is 6.62. The largest absolute Gasteiger partial charge is 0.416 e. The number of alkyl halides is 3. The van der Waals surface area contributed by atoms with E-state index in [1.165, 1.54) is 10.4 Å². The molecule has 0 aromatic heterocycles. The molecule has 0 N–H and O–H groups in total. The van der Waals surface area contributed by atoms with Gasteiger partial charge in [-0.05, 0) is 67.8 Å². The summed E-state index contributed by atoms with van der Waals surface area (Å²) >= 11 is 0. The summed E-state index contributed by atoms with van der Waals surface area (Å²) in [6, 6.07) is 5.33. The maximum absolute atomic E-state index is 15.5. The van der Waals surface area contributed by atoms with Crippen LogP contribution in [0, 0.1) is 17.6 Å². The summed E-state index contributed by atoms with van der Waals surface area (Å²) in [5.74, 6) is -2.69. The molecule has 3 unspecified atom stereocenters. The first-order valence-electron chi connectivity index (χ1n) is 13.8. The number of hydrogen-bond acceptors (Lipinski definition) is 5. The van der Waals surface area contributed by atoms with Gasteiger partial charge >= 0.3 is 6.18 Å². The number of nitrogens with zero attached hydrogens (tertiary/aromatic N) is 1. The lowest BCUT2D eigenvalue weighted by Gasteiger charge is -2.47. The molecular formula is C29H38F5NO5S2Si. The van der Waals surface area contributed by atoms with E-state index in [0.29, 0.717) is 18.7 Å². The number of halogens is 5. The van der Waals surface area contributed by atoms with Crippen LogP contribution in [0.15, 0.2) is 60.0 Å². The molecule has 0 bridgehead atoms. The SMILES string of the molecule is C=CCN(C1CCC(c2cc(F)ccc2F)(S(=O)(=O)c2ccc(C(F)(F)F)cc2)CC1COCC[Si](C)(C)C)S(C)(=O)=O.